The molecule has 0 saturated heterocycles. The fourth-order valence-electron chi connectivity index (χ4n) is 4.35. The van der Waals surface area contributed by atoms with Gasteiger partial charge in [-0.3, -0.25) is 4.79 Å². The first kappa shape index (κ1) is 19.4. The van der Waals surface area contributed by atoms with Crippen molar-refractivity contribution in [3.63, 3.8) is 0 Å². The lowest BCUT2D eigenvalue weighted by Crippen LogP contribution is -2.42. The number of methoxy groups -OCH3 is 2. The monoisotopic (exact) mass is 397 g/mol. The van der Waals surface area contributed by atoms with Gasteiger partial charge in [-0.05, 0) is 48.7 Å². The summed E-state index contributed by atoms with van der Waals surface area (Å²) < 4.78 is 21.6. The molecule has 6 heteroatoms. The third-order valence-electron chi connectivity index (χ3n) is 6.03. The molecule has 0 radical (unpaired) electrons. The van der Waals surface area contributed by atoms with Gasteiger partial charge in [-0.1, -0.05) is 25.3 Å². The SMILES string of the molecule is COc1ccc(C2(CNC(=O)c3ccc4c(c3)OCO4)CCCCC2)cc1OC. The summed E-state index contributed by atoms with van der Waals surface area (Å²) in [5.74, 6) is 2.62. The van der Waals surface area contributed by atoms with Gasteiger partial charge in [0.2, 0.25) is 6.79 Å². The van der Waals surface area contributed by atoms with Crippen molar-refractivity contribution in [1.29, 1.82) is 0 Å². The van der Waals surface area contributed by atoms with Crippen LogP contribution in [0.2, 0.25) is 0 Å². The fourth-order valence-corrected chi connectivity index (χ4v) is 4.35. The molecule has 2 aromatic carbocycles. The van der Waals surface area contributed by atoms with Crippen LogP contribution in [0.5, 0.6) is 23.0 Å². The molecule has 1 N–H and O–H groups in total. The molecule has 1 fully saturated rings. The van der Waals surface area contributed by atoms with E-state index in [0.717, 1.165) is 31.4 Å². The van der Waals surface area contributed by atoms with Crippen LogP contribution in [0.1, 0.15) is 48.0 Å². The summed E-state index contributed by atoms with van der Waals surface area (Å²) in [7, 11) is 3.29. The zero-order valence-corrected chi connectivity index (χ0v) is 17.0. The summed E-state index contributed by atoms with van der Waals surface area (Å²) in [6, 6.07) is 11.4. The lowest BCUT2D eigenvalue weighted by atomic mass is 9.69. The Morgan fingerprint density at radius 1 is 0.966 bits per heavy atom. The average molecular weight is 397 g/mol. The molecule has 2 aliphatic rings. The Morgan fingerprint density at radius 3 is 2.48 bits per heavy atom. The fraction of sp³-hybridized carbons (Fsp3) is 0.435. The summed E-state index contributed by atoms with van der Waals surface area (Å²) in [6.45, 7) is 0.776. The van der Waals surface area contributed by atoms with Crippen molar-refractivity contribution in [2.45, 2.75) is 37.5 Å². The van der Waals surface area contributed by atoms with Crippen LogP contribution in [-0.4, -0.2) is 33.5 Å². The Kier molecular flexibility index (Phi) is 5.51. The quantitative estimate of drug-likeness (QED) is 0.796. The van der Waals surface area contributed by atoms with Gasteiger partial charge >= 0.3 is 0 Å². The highest BCUT2D eigenvalue weighted by atomic mass is 16.7. The van der Waals surface area contributed by atoms with Crippen molar-refractivity contribution >= 4 is 5.91 Å². The molecule has 2 aromatic rings. The predicted molar refractivity (Wildman–Crippen MR) is 109 cm³/mol. The number of benzene rings is 2. The Morgan fingerprint density at radius 2 is 1.72 bits per heavy atom. The van der Waals surface area contributed by atoms with E-state index in [0.29, 0.717) is 29.4 Å². The van der Waals surface area contributed by atoms with Gasteiger partial charge in [-0.2, -0.15) is 0 Å². The average Bonchev–Trinajstić information content (AvgIpc) is 3.25. The molecular weight excluding hydrogens is 370 g/mol. The molecule has 0 unspecified atom stereocenters. The van der Waals surface area contributed by atoms with E-state index in [1.54, 1.807) is 32.4 Å². The zero-order chi connectivity index (χ0) is 20.3. The van der Waals surface area contributed by atoms with Gasteiger partial charge in [-0.25, -0.2) is 0 Å². The number of amides is 1. The lowest BCUT2D eigenvalue weighted by Gasteiger charge is -2.38. The zero-order valence-electron chi connectivity index (χ0n) is 17.0. The third kappa shape index (κ3) is 3.84. The number of fused-ring (bicyclic) bond motifs is 1. The molecule has 0 bridgehead atoms. The first-order valence-corrected chi connectivity index (χ1v) is 10.1. The Balaban J connectivity index is 1.55. The van der Waals surface area contributed by atoms with Gasteiger partial charge in [0.25, 0.3) is 5.91 Å². The normalized spacial score (nSPS) is 16.9. The molecule has 1 aliphatic carbocycles. The highest BCUT2D eigenvalue weighted by Crippen LogP contribution is 2.42. The number of rotatable bonds is 6. The van der Waals surface area contributed by atoms with Crippen molar-refractivity contribution in [2.75, 3.05) is 27.6 Å². The van der Waals surface area contributed by atoms with E-state index in [-0.39, 0.29) is 18.1 Å². The van der Waals surface area contributed by atoms with E-state index < -0.39 is 0 Å². The Bertz CT molecular complexity index is 889. The van der Waals surface area contributed by atoms with E-state index in [1.807, 2.05) is 6.07 Å². The first-order chi connectivity index (χ1) is 14.1. The largest absolute Gasteiger partial charge is 0.493 e. The second-order valence-electron chi connectivity index (χ2n) is 7.66. The second kappa shape index (κ2) is 8.23. The van der Waals surface area contributed by atoms with Crippen LogP contribution in [-0.2, 0) is 5.41 Å². The molecule has 0 atom stereocenters. The summed E-state index contributed by atoms with van der Waals surface area (Å²) >= 11 is 0. The number of hydrogen-bond acceptors (Lipinski definition) is 5. The molecule has 1 heterocycles. The van der Waals surface area contributed by atoms with E-state index >= 15 is 0 Å². The topological polar surface area (TPSA) is 66.0 Å². The standard InChI is InChI=1S/C23H27NO5/c1-26-18-9-7-17(13-20(18)27-2)23(10-4-3-5-11-23)14-24-22(25)16-6-8-19-21(12-16)29-15-28-19/h6-9,12-13H,3-5,10-11,14-15H2,1-2H3,(H,24,25). The highest BCUT2D eigenvalue weighted by Gasteiger charge is 2.35. The summed E-state index contributed by atoms with van der Waals surface area (Å²) in [5, 5.41) is 3.16. The number of carbonyl (C=O) groups is 1. The van der Waals surface area contributed by atoms with Crippen molar-refractivity contribution < 1.29 is 23.7 Å². The minimum absolute atomic E-state index is 0.103. The minimum Gasteiger partial charge on any atom is -0.493 e. The molecule has 1 saturated carbocycles. The van der Waals surface area contributed by atoms with Gasteiger partial charge in [0.05, 0.1) is 14.2 Å². The molecular formula is C23H27NO5. The van der Waals surface area contributed by atoms with Crippen LogP contribution >= 0.6 is 0 Å². The number of ether oxygens (including phenoxy) is 4. The molecule has 154 valence electrons. The van der Waals surface area contributed by atoms with Gasteiger partial charge in [0, 0.05) is 17.5 Å². The summed E-state index contributed by atoms with van der Waals surface area (Å²) in [4.78, 5) is 12.8. The Labute approximate surface area is 171 Å². The first-order valence-electron chi connectivity index (χ1n) is 10.1. The molecule has 1 aliphatic heterocycles. The van der Waals surface area contributed by atoms with Crippen LogP contribution in [0.3, 0.4) is 0 Å². The maximum atomic E-state index is 12.8. The molecule has 0 spiro atoms. The van der Waals surface area contributed by atoms with Crippen molar-refractivity contribution in [3.8, 4) is 23.0 Å². The van der Waals surface area contributed by atoms with Crippen LogP contribution < -0.4 is 24.3 Å². The smallest absolute Gasteiger partial charge is 0.251 e. The van der Waals surface area contributed by atoms with Crippen molar-refractivity contribution in [1.82, 2.24) is 5.32 Å². The van der Waals surface area contributed by atoms with E-state index in [2.05, 4.69) is 17.4 Å². The van der Waals surface area contributed by atoms with E-state index in [1.165, 1.54) is 12.0 Å². The maximum Gasteiger partial charge on any atom is 0.251 e. The number of hydrogen-bond donors (Lipinski definition) is 1. The number of carbonyl (C=O) groups excluding carboxylic acids is 1. The van der Waals surface area contributed by atoms with Gasteiger partial charge in [-0.15, -0.1) is 0 Å². The molecule has 6 nitrogen and oxygen atoms in total. The second-order valence-corrected chi connectivity index (χ2v) is 7.66. The van der Waals surface area contributed by atoms with Crippen molar-refractivity contribution in [3.05, 3.63) is 47.5 Å². The van der Waals surface area contributed by atoms with Gasteiger partial charge < -0.3 is 24.3 Å². The number of nitrogens with one attached hydrogen (secondary N) is 1. The van der Waals surface area contributed by atoms with E-state index in [9.17, 15) is 4.79 Å². The van der Waals surface area contributed by atoms with Crippen LogP contribution in [0, 0.1) is 0 Å². The molecule has 4 rings (SSSR count). The van der Waals surface area contributed by atoms with Crippen LogP contribution in [0.25, 0.3) is 0 Å². The van der Waals surface area contributed by atoms with Gasteiger partial charge in [0.15, 0.2) is 23.0 Å². The van der Waals surface area contributed by atoms with Crippen LogP contribution in [0.4, 0.5) is 0 Å². The molecule has 0 aromatic heterocycles. The Hall–Kier alpha value is -2.89. The summed E-state index contributed by atoms with van der Waals surface area (Å²) in [6.07, 6.45) is 5.58. The molecule has 1 amide bonds. The van der Waals surface area contributed by atoms with Gasteiger partial charge in [0.1, 0.15) is 0 Å². The van der Waals surface area contributed by atoms with Crippen LogP contribution in [0.15, 0.2) is 36.4 Å². The highest BCUT2D eigenvalue weighted by molar-refractivity contribution is 5.95. The third-order valence-corrected chi connectivity index (χ3v) is 6.03. The predicted octanol–water partition coefficient (Wildman–Crippen LogP) is 4.06. The molecule has 29 heavy (non-hydrogen) atoms. The lowest BCUT2D eigenvalue weighted by molar-refractivity contribution is 0.0936. The van der Waals surface area contributed by atoms with E-state index in [4.69, 9.17) is 18.9 Å². The van der Waals surface area contributed by atoms with Crippen molar-refractivity contribution in [2.24, 2.45) is 0 Å². The maximum absolute atomic E-state index is 12.8. The minimum atomic E-state index is -0.107. The summed E-state index contributed by atoms with van der Waals surface area (Å²) in [5.41, 5.74) is 1.65.